The largest absolute Gasteiger partial charge is 0.416 e. The maximum Gasteiger partial charge on any atom is 0.416 e. The highest BCUT2D eigenvalue weighted by atomic mass is 32.1. The number of hydrogen-bond donors (Lipinski definition) is 1. The summed E-state index contributed by atoms with van der Waals surface area (Å²) in [5.41, 5.74) is 0.0511. The van der Waals surface area contributed by atoms with Crippen LogP contribution >= 0.6 is 11.3 Å². The fourth-order valence-corrected chi connectivity index (χ4v) is 2.97. The van der Waals surface area contributed by atoms with Crippen LogP contribution in [0, 0.1) is 0 Å². The molecule has 0 bridgehead atoms. The Labute approximate surface area is 126 Å². The van der Waals surface area contributed by atoms with Gasteiger partial charge in [0.05, 0.1) is 5.56 Å². The normalized spacial score (nSPS) is 13.4. The summed E-state index contributed by atoms with van der Waals surface area (Å²) in [5.74, 6) is 0. The molecule has 1 N–H and O–H groups in total. The van der Waals surface area contributed by atoms with Crippen LogP contribution in [-0.4, -0.2) is 0 Å². The molecule has 21 heavy (non-hydrogen) atoms. The number of alkyl halides is 3. The van der Waals surface area contributed by atoms with E-state index in [-0.39, 0.29) is 6.04 Å². The van der Waals surface area contributed by atoms with Crippen molar-refractivity contribution in [2.75, 3.05) is 0 Å². The van der Waals surface area contributed by atoms with E-state index in [4.69, 9.17) is 0 Å². The van der Waals surface area contributed by atoms with E-state index in [0.717, 1.165) is 12.5 Å². The number of halogens is 3. The van der Waals surface area contributed by atoms with Gasteiger partial charge in [-0.15, -0.1) is 11.3 Å². The molecule has 0 radical (unpaired) electrons. The second-order valence-electron chi connectivity index (χ2n) is 4.95. The van der Waals surface area contributed by atoms with Gasteiger partial charge in [-0.05, 0) is 43.2 Å². The Bertz CT molecular complexity index is 589. The Morgan fingerprint density at radius 3 is 2.48 bits per heavy atom. The highest BCUT2D eigenvalue weighted by molar-refractivity contribution is 7.11. The zero-order valence-corrected chi connectivity index (χ0v) is 12.8. The Morgan fingerprint density at radius 1 is 1.14 bits per heavy atom. The third-order valence-corrected chi connectivity index (χ3v) is 4.59. The summed E-state index contributed by atoms with van der Waals surface area (Å²) in [6.07, 6.45) is -3.28. The summed E-state index contributed by atoms with van der Waals surface area (Å²) in [4.78, 5) is 2.52. The molecule has 0 spiro atoms. The molecule has 0 aliphatic heterocycles. The molecule has 0 saturated heterocycles. The maximum atomic E-state index is 12.7. The first-order chi connectivity index (χ1) is 9.90. The Balaban J connectivity index is 2.01. The molecule has 1 nitrogen and oxygen atoms in total. The van der Waals surface area contributed by atoms with Crippen LogP contribution in [-0.2, 0) is 19.1 Å². The van der Waals surface area contributed by atoms with Crippen molar-refractivity contribution in [2.24, 2.45) is 0 Å². The Kier molecular flexibility index (Phi) is 5.06. The minimum absolute atomic E-state index is 0.125. The van der Waals surface area contributed by atoms with Crippen LogP contribution in [0.4, 0.5) is 13.2 Å². The minimum atomic E-state index is -4.29. The summed E-state index contributed by atoms with van der Waals surface area (Å²) in [7, 11) is 0. The van der Waals surface area contributed by atoms with Gasteiger partial charge in [0.15, 0.2) is 0 Å². The first-order valence-electron chi connectivity index (χ1n) is 6.88. The summed E-state index contributed by atoms with van der Waals surface area (Å²) in [5, 5.41) is 3.27. The van der Waals surface area contributed by atoms with E-state index in [1.807, 2.05) is 6.92 Å². The lowest BCUT2D eigenvalue weighted by Gasteiger charge is -2.15. The first-order valence-corrected chi connectivity index (χ1v) is 7.70. The molecule has 1 heterocycles. The number of hydrogen-bond acceptors (Lipinski definition) is 2. The molecular formula is C16H18F3NS. The highest BCUT2D eigenvalue weighted by Gasteiger charge is 2.30. The molecule has 0 fully saturated rings. The predicted molar refractivity (Wildman–Crippen MR) is 80.4 cm³/mol. The van der Waals surface area contributed by atoms with Gasteiger partial charge in [-0.25, -0.2) is 0 Å². The molecule has 0 aliphatic carbocycles. The molecular weight excluding hydrogens is 295 g/mol. The van der Waals surface area contributed by atoms with Gasteiger partial charge in [-0.2, -0.15) is 13.2 Å². The van der Waals surface area contributed by atoms with Crippen molar-refractivity contribution in [2.45, 2.75) is 39.0 Å². The molecule has 2 rings (SSSR count). The third-order valence-electron chi connectivity index (χ3n) is 3.36. The fourth-order valence-electron chi connectivity index (χ4n) is 2.06. The quantitative estimate of drug-likeness (QED) is 0.802. The van der Waals surface area contributed by atoms with Crippen molar-refractivity contribution < 1.29 is 13.2 Å². The molecule has 0 saturated carbocycles. The van der Waals surface area contributed by atoms with Crippen molar-refractivity contribution >= 4 is 11.3 Å². The van der Waals surface area contributed by atoms with Gasteiger partial charge in [0, 0.05) is 22.3 Å². The van der Waals surface area contributed by atoms with Crippen LogP contribution in [0.1, 0.15) is 40.8 Å². The SMILES string of the molecule is CCc1ccc(CNC(C)c2cccc(C(F)(F)F)c2)s1. The van der Waals surface area contributed by atoms with Crippen LogP contribution in [0.15, 0.2) is 36.4 Å². The summed E-state index contributed by atoms with van der Waals surface area (Å²) in [6.45, 7) is 4.65. The van der Waals surface area contributed by atoms with Gasteiger partial charge in [-0.3, -0.25) is 0 Å². The number of nitrogens with one attached hydrogen (secondary N) is 1. The van der Waals surface area contributed by atoms with E-state index in [9.17, 15) is 13.2 Å². The molecule has 114 valence electrons. The van der Waals surface area contributed by atoms with Gasteiger partial charge in [0.2, 0.25) is 0 Å². The summed E-state index contributed by atoms with van der Waals surface area (Å²) in [6, 6.07) is 9.52. The molecule has 1 aromatic carbocycles. The molecule has 2 aromatic rings. The van der Waals surface area contributed by atoms with Crippen LogP contribution in [0.25, 0.3) is 0 Å². The summed E-state index contributed by atoms with van der Waals surface area (Å²) < 4.78 is 38.1. The second kappa shape index (κ2) is 6.62. The second-order valence-corrected chi connectivity index (χ2v) is 6.20. The van der Waals surface area contributed by atoms with Crippen molar-refractivity contribution in [1.29, 1.82) is 0 Å². The number of aryl methyl sites for hydroxylation is 1. The average molecular weight is 313 g/mol. The van der Waals surface area contributed by atoms with Gasteiger partial charge in [0.1, 0.15) is 0 Å². The van der Waals surface area contributed by atoms with Crippen LogP contribution in [0.5, 0.6) is 0 Å². The smallest absolute Gasteiger partial charge is 0.305 e. The van der Waals surface area contributed by atoms with Crippen molar-refractivity contribution in [3.05, 3.63) is 57.3 Å². The van der Waals surface area contributed by atoms with E-state index in [1.54, 1.807) is 17.4 Å². The third kappa shape index (κ3) is 4.32. The zero-order chi connectivity index (χ0) is 15.5. The van der Waals surface area contributed by atoms with Gasteiger partial charge >= 0.3 is 6.18 Å². The van der Waals surface area contributed by atoms with E-state index < -0.39 is 11.7 Å². The molecule has 5 heteroatoms. The lowest BCUT2D eigenvalue weighted by molar-refractivity contribution is -0.137. The van der Waals surface area contributed by atoms with Gasteiger partial charge in [0.25, 0.3) is 0 Å². The predicted octanol–water partition coefficient (Wildman–Crippen LogP) is 5.18. The Hall–Kier alpha value is -1.33. The minimum Gasteiger partial charge on any atom is -0.305 e. The van der Waals surface area contributed by atoms with Crippen LogP contribution < -0.4 is 5.32 Å². The summed E-state index contributed by atoms with van der Waals surface area (Å²) >= 11 is 1.73. The van der Waals surface area contributed by atoms with E-state index >= 15 is 0 Å². The molecule has 0 aliphatic rings. The van der Waals surface area contributed by atoms with Gasteiger partial charge in [-0.1, -0.05) is 19.1 Å². The molecule has 1 atom stereocenters. The fraction of sp³-hybridized carbons (Fsp3) is 0.375. The first kappa shape index (κ1) is 16.0. The Morgan fingerprint density at radius 2 is 1.86 bits per heavy atom. The van der Waals surface area contributed by atoms with Crippen molar-refractivity contribution in [3.63, 3.8) is 0 Å². The number of rotatable bonds is 5. The van der Waals surface area contributed by atoms with E-state index in [1.165, 1.54) is 21.9 Å². The number of benzene rings is 1. The number of thiophene rings is 1. The molecule has 0 amide bonds. The van der Waals surface area contributed by atoms with E-state index in [0.29, 0.717) is 12.1 Å². The standard InChI is InChI=1S/C16H18F3NS/c1-3-14-7-8-15(21-14)10-20-11(2)12-5-4-6-13(9-12)16(17,18)19/h4-9,11,20H,3,10H2,1-2H3. The highest BCUT2D eigenvalue weighted by Crippen LogP contribution is 2.30. The maximum absolute atomic E-state index is 12.7. The van der Waals surface area contributed by atoms with Gasteiger partial charge < -0.3 is 5.32 Å². The zero-order valence-electron chi connectivity index (χ0n) is 12.0. The van der Waals surface area contributed by atoms with Crippen LogP contribution in [0.2, 0.25) is 0 Å². The monoisotopic (exact) mass is 313 g/mol. The lowest BCUT2D eigenvalue weighted by atomic mass is 10.0. The van der Waals surface area contributed by atoms with Crippen molar-refractivity contribution in [3.8, 4) is 0 Å². The molecule has 1 unspecified atom stereocenters. The lowest BCUT2D eigenvalue weighted by Crippen LogP contribution is -2.18. The van der Waals surface area contributed by atoms with E-state index in [2.05, 4.69) is 24.4 Å². The topological polar surface area (TPSA) is 12.0 Å². The average Bonchev–Trinajstić information content (AvgIpc) is 2.92. The van der Waals surface area contributed by atoms with Crippen LogP contribution in [0.3, 0.4) is 0 Å². The molecule has 1 aromatic heterocycles. The van der Waals surface area contributed by atoms with Crippen molar-refractivity contribution in [1.82, 2.24) is 5.32 Å².